The van der Waals surface area contributed by atoms with Gasteiger partial charge in [-0.15, -0.1) is 11.6 Å². The third kappa shape index (κ3) is 3.83. The number of hydrogen-bond acceptors (Lipinski definition) is 1. The van der Waals surface area contributed by atoms with E-state index < -0.39 is 0 Å². The summed E-state index contributed by atoms with van der Waals surface area (Å²) in [6.07, 6.45) is 14.5. The molecule has 0 aliphatic heterocycles. The number of aliphatic hydroxyl groups is 1. The lowest BCUT2D eigenvalue weighted by atomic mass is 9.44. The molecule has 0 heterocycles. The van der Waals surface area contributed by atoms with E-state index in [4.69, 9.17) is 11.6 Å². The van der Waals surface area contributed by atoms with Gasteiger partial charge in [-0.05, 0) is 104 Å². The average Bonchev–Trinajstić information content (AvgIpc) is 3.00. The normalized spacial score (nSPS) is 50.7. The van der Waals surface area contributed by atoms with Crippen LogP contribution in [0.25, 0.3) is 0 Å². The highest BCUT2D eigenvalue weighted by Gasteiger charge is 2.61. The molecule has 0 bridgehead atoms. The molecule has 1 nitrogen and oxygen atoms in total. The van der Waals surface area contributed by atoms with Crippen LogP contribution in [-0.2, 0) is 0 Å². The van der Waals surface area contributed by atoms with Crippen molar-refractivity contribution < 1.29 is 5.11 Å². The van der Waals surface area contributed by atoms with Crippen LogP contribution in [0.4, 0.5) is 0 Å². The number of alkyl halides is 1. The molecule has 4 fully saturated rings. The maximum absolute atomic E-state index is 10.4. The fraction of sp³-hybridized carbons (Fsp3) is 1.00. The van der Waals surface area contributed by atoms with Gasteiger partial charge in [0.1, 0.15) is 0 Å². The molecule has 29 heavy (non-hydrogen) atoms. The molecule has 168 valence electrons. The SMILES string of the molecule is CC(C)CCC[C@@H](C)[C@H]1CC[C@H]2[C@@H]3CC[C@H]4C[C@H](O)[C@@H](Cl)C[C@]4(C)[C@H]3CC[C@]12C. The van der Waals surface area contributed by atoms with E-state index in [1.165, 1.54) is 57.8 Å². The van der Waals surface area contributed by atoms with Gasteiger partial charge in [-0.2, -0.15) is 0 Å². The summed E-state index contributed by atoms with van der Waals surface area (Å²) in [4.78, 5) is 0. The zero-order chi connectivity index (χ0) is 21.0. The topological polar surface area (TPSA) is 20.2 Å². The third-order valence-electron chi connectivity index (χ3n) is 10.8. The Morgan fingerprint density at radius 3 is 2.38 bits per heavy atom. The molecule has 0 spiro atoms. The fourth-order valence-corrected chi connectivity index (χ4v) is 9.70. The first-order valence-electron chi connectivity index (χ1n) is 13.0. The van der Waals surface area contributed by atoms with Crippen LogP contribution < -0.4 is 0 Å². The molecule has 10 atom stereocenters. The van der Waals surface area contributed by atoms with Crippen LogP contribution in [0.3, 0.4) is 0 Å². The Balaban J connectivity index is 1.47. The Labute approximate surface area is 185 Å². The van der Waals surface area contributed by atoms with Gasteiger partial charge in [0.05, 0.1) is 11.5 Å². The van der Waals surface area contributed by atoms with Crippen molar-refractivity contribution in [2.45, 2.75) is 117 Å². The van der Waals surface area contributed by atoms with E-state index in [0.717, 1.165) is 48.3 Å². The van der Waals surface area contributed by atoms with Crippen LogP contribution in [-0.4, -0.2) is 16.6 Å². The molecule has 0 radical (unpaired) electrons. The summed E-state index contributed by atoms with van der Waals surface area (Å²) in [6, 6.07) is 0. The van der Waals surface area contributed by atoms with Crippen molar-refractivity contribution in [2.75, 3.05) is 0 Å². The second-order valence-electron chi connectivity index (χ2n) is 12.7. The van der Waals surface area contributed by atoms with Gasteiger partial charge in [-0.1, -0.05) is 53.9 Å². The van der Waals surface area contributed by atoms with Gasteiger partial charge >= 0.3 is 0 Å². The van der Waals surface area contributed by atoms with Crippen LogP contribution >= 0.6 is 11.6 Å². The number of hydrogen-bond donors (Lipinski definition) is 1. The van der Waals surface area contributed by atoms with E-state index in [1.807, 2.05) is 0 Å². The molecule has 0 unspecified atom stereocenters. The van der Waals surface area contributed by atoms with E-state index >= 15 is 0 Å². The first kappa shape index (κ1) is 22.4. The molecule has 4 aliphatic carbocycles. The first-order chi connectivity index (χ1) is 13.7. The molecule has 0 aromatic carbocycles. The molecule has 2 heteroatoms. The third-order valence-corrected chi connectivity index (χ3v) is 11.3. The molecule has 4 aliphatic rings. The quantitative estimate of drug-likeness (QED) is 0.450. The molecular weight excluding hydrogens is 376 g/mol. The lowest BCUT2D eigenvalue weighted by Gasteiger charge is -2.61. The standard InChI is InChI=1S/C27H47ClO/c1-17(2)7-6-8-18(3)21-11-12-22-20-10-9-19-15-25(29)24(28)16-27(19,5)23(20)13-14-26(21,22)4/h17-25,29H,6-16H2,1-5H3/t18-,19+,20+,21-,22+,23+,24+,25+,26-,27+/m1/s1. The monoisotopic (exact) mass is 422 g/mol. The van der Waals surface area contributed by atoms with E-state index in [0.29, 0.717) is 16.7 Å². The van der Waals surface area contributed by atoms with Crippen LogP contribution in [0.1, 0.15) is 105 Å². The summed E-state index contributed by atoms with van der Waals surface area (Å²) in [5, 5.41) is 10.4. The predicted octanol–water partition coefficient (Wildman–Crippen LogP) is 7.69. The second-order valence-corrected chi connectivity index (χ2v) is 13.3. The maximum atomic E-state index is 10.4. The van der Waals surface area contributed by atoms with Crippen molar-refractivity contribution in [1.82, 2.24) is 0 Å². The van der Waals surface area contributed by atoms with Crippen LogP contribution in [0, 0.1) is 52.3 Å². The number of rotatable bonds is 5. The Morgan fingerprint density at radius 2 is 1.66 bits per heavy atom. The molecule has 4 saturated carbocycles. The summed E-state index contributed by atoms with van der Waals surface area (Å²) in [7, 11) is 0. The summed E-state index contributed by atoms with van der Waals surface area (Å²) in [5.41, 5.74) is 0.951. The van der Waals surface area contributed by atoms with Crippen molar-refractivity contribution in [1.29, 1.82) is 0 Å². The lowest BCUT2D eigenvalue weighted by Crippen LogP contribution is -2.56. The van der Waals surface area contributed by atoms with E-state index in [9.17, 15) is 5.11 Å². The Hall–Kier alpha value is 0.250. The van der Waals surface area contributed by atoms with Crippen LogP contribution in [0.15, 0.2) is 0 Å². The van der Waals surface area contributed by atoms with Gasteiger partial charge in [0.25, 0.3) is 0 Å². The van der Waals surface area contributed by atoms with Crippen molar-refractivity contribution >= 4 is 11.6 Å². The highest BCUT2D eigenvalue weighted by molar-refractivity contribution is 6.21. The van der Waals surface area contributed by atoms with E-state index in [-0.39, 0.29) is 11.5 Å². The summed E-state index contributed by atoms with van der Waals surface area (Å²) in [5.74, 6) is 6.09. The number of aliphatic hydroxyl groups excluding tert-OH is 1. The largest absolute Gasteiger partial charge is 0.392 e. The van der Waals surface area contributed by atoms with Gasteiger partial charge in [0.15, 0.2) is 0 Å². The highest BCUT2D eigenvalue weighted by atomic mass is 35.5. The zero-order valence-electron chi connectivity index (χ0n) is 19.8. The highest BCUT2D eigenvalue weighted by Crippen LogP contribution is 2.68. The molecule has 4 rings (SSSR count). The summed E-state index contributed by atoms with van der Waals surface area (Å²) >= 11 is 6.63. The van der Waals surface area contributed by atoms with Crippen molar-refractivity contribution in [3.63, 3.8) is 0 Å². The fourth-order valence-electron chi connectivity index (χ4n) is 9.26. The van der Waals surface area contributed by atoms with E-state index in [2.05, 4.69) is 34.6 Å². The van der Waals surface area contributed by atoms with Crippen molar-refractivity contribution in [2.24, 2.45) is 52.3 Å². The van der Waals surface area contributed by atoms with Crippen molar-refractivity contribution in [3.8, 4) is 0 Å². The van der Waals surface area contributed by atoms with Gasteiger partial charge < -0.3 is 5.11 Å². The number of halogens is 1. The van der Waals surface area contributed by atoms with E-state index in [1.54, 1.807) is 0 Å². The maximum Gasteiger partial charge on any atom is 0.0706 e. The summed E-state index contributed by atoms with van der Waals surface area (Å²) < 4.78 is 0. The molecule has 0 aromatic rings. The molecule has 0 saturated heterocycles. The molecule has 1 N–H and O–H groups in total. The minimum atomic E-state index is -0.275. The summed E-state index contributed by atoms with van der Waals surface area (Å²) in [6.45, 7) is 12.5. The second kappa shape index (κ2) is 8.31. The zero-order valence-corrected chi connectivity index (χ0v) is 20.6. The van der Waals surface area contributed by atoms with Gasteiger partial charge in [-0.25, -0.2) is 0 Å². The minimum absolute atomic E-state index is 0.0272. The molecule has 0 aromatic heterocycles. The lowest BCUT2D eigenvalue weighted by molar-refractivity contribution is -0.128. The van der Waals surface area contributed by atoms with Crippen LogP contribution in [0.2, 0.25) is 0 Å². The Bertz CT molecular complexity index is 575. The van der Waals surface area contributed by atoms with Gasteiger partial charge in [-0.3, -0.25) is 0 Å². The van der Waals surface area contributed by atoms with Crippen LogP contribution in [0.5, 0.6) is 0 Å². The molecule has 0 amide bonds. The molecular formula is C27H47ClO. The predicted molar refractivity (Wildman–Crippen MR) is 124 cm³/mol. The minimum Gasteiger partial charge on any atom is -0.392 e. The first-order valence-corrected chi connectivity index (χ1v) is 13.4. The Kier molecular flexibility index (Phi) is 6.43. The Morgan fingerprint density at radius 1 is 0.931 bits per heavy atom. The number of fused-ring (bicyclic) bond motifs is 5. The van der Waals surface area contributed by atoms with Gasteiger partial charge in [0.2, 0.25) is 0 Å². The average molecular weight is 423 g/mol. The van der Waals surface area contributed by atoms with Crippen molar-refractivity contribution in [3.05, 3.63) is 0 Å². The van der Waals surface area contributed by atoms with Gasteiger partial charge in [0, 0.05) is 0 Å². The smallest absolute Gasteiger partial charge is 0.0706 e.